The molecule has 4 heteroatoms. The van der Waals surface area contributed by atoms with Crippen LogP contribution in [0.5, 0.6) is 0 Å². The second kappa shape index (κ2) is 14.6. The largest absolute Gasteiger partial charge is 1.00 e. The van der Waals surface area contributed by atoms with E-state index in [0.29, 0.717) is 0 Å². The number of rotatable bonds is 12. The molecule has 0 bridgehead atoms. The van der Waals surface area contributed by atoms with E-state index >= 15 is 0 Å². The van der Waals surface area contributed by atoms with Crippen LogP contribution in [-0.2, 0) is 12.8 Å². The molecule has 0 aliphatic heterocycles. The summed E-state index contributed by atoms with van der Waals surface area (Å²) in [5, 5.41) is 0. The van der Waals surface area contributed by atoms with Gasteiger partial charge in [0.2, 0.25) is 0 Å². The average Bonchev–Trinajstić information content (AvgIpc) is 2.45. The van der Waals surface area contributed by atoms with Gasteiger partial charge in [-0.15, -0.1) is 0 Å². The van der Waals surface area contributed by atoms with Gasteiger partial charge in [0, 0.05) is 0 Å². The summed E-state index contributed by atoms with van der Waals surface area (Å²) in [6.07, 6.45) is 10.5. The summed E-state index contributed by atoms with van der Waals surface area (Å²) in [7, 11) is 13.7. The molecular formula is C22H42I2N2. The van der Waals surface area contributed by atoms with Crippen molar-refractivity contribution in [2.45, 2.75) is 51.4 Å². The topological polar surface area (TPSA) is 0 Å². The minimum atomic E-state index is 0. The van der Waals surface area contributed by atoms with Crippen molar-refractivity contribution in [3.63, 3.8) is 0 Å². The van der Waals surface area contributed by atoms with Gasteiger partial charge >= 0.3 is 0 Å². The lowest BCUT2D eigenvalue weighted by Gasteiger charge is -2.23. The van der Waals surface area contributed by atoms with Crippen molar-refractivity contribution in [1.82, 2.24) is 0 Å². The monoisotopic (exact) mass is 588 g/mol. The number of halogens is 2. The Morgan fingerprint density at radius 3 is 1.08 bits per heavy atom. The second-order valence-corrected chi connectivity index (χ2v) is 9.47. The Bertz CT molecular complexity index is 402. The first-order chi connectivity index (χ1) is 11.2. The SMILES string of the molecule is C[N+](C)(C)CCCCCc1ccc(CCCCC[N+](C)(C)C)cc1.[I-].[I-]. The van der Waals surface area contributed by atoms with E-state index in [1.54, 1.807) is 0 Å². The van der Waals surface area contributed by atoms with Crippen LogP contribution in [0.15, 0.2) is 24.3 Å². The van der Waals surface area contributed by atoms with Crippen LogP contribution in [-0.4, -0.2) is 64.3 Å². The van der Waals surface area contributed by atoms with Crippen LogP contribution in [0.2, 0.25) is 0 Å². The van der Waals surface area contributed by atoms with Gasteiger partial charge in [-0.05, 0) is 62.5 Å². The van der Waals surface area contributed by atoms with Crippen LogP contribution in [0.1, 0.15) is 49.7 Å². The average molecular weight is 588 g/mol. The van der Waals surface area contributed by atoms with Crippen LogP contribution in [0.25, 0.3) is 0 Å². The van der Waals surface area contributed by atoms with Crippen molar-refractivity contribution < 1.29 is 56.9 Å². The maximum absolute atomic E-state index is 2.35. The number of unbranched alkanes of at least 4 members (excludes halogenated alkanes) is 4. The molecule has 0 atom stereocenters. The normalized spacial score (nSPS) is 11.6. The first-order valence-electron chi connectivity index (χ1n) is 9.84. The molecule has 26 heavy (non-hydrogen) atoms. The van der Waals surface area contributed by atoms with E-state index in [0.717, 1.165) is 8.97 Å². The summed E-state index contributed by atoms with van der Waals surface area (Å²) >= 11 is 0. The van der Waals surface area contributed by atoms with Crippen LogP contribution < -0.4 is 48.0 Å². The third-order valence-corrected chi connectivity index (χ3v) is 4.61. The Morgan fingerprint density at radius 2 is 0.808 bits per heavy atom. The van der Waals surface area contributed by atoms with Crippen molar-refractivity contribution >= 4 is 0 Å². The molecule has 0 aliphatic carbocycles. The van der Waals surface area contributed by atoms with Crippen LogP contribution in [0.4, 0.5) is 0 Å². The third-order valence-electron chi connectivity index (χ3n) is 4.61. The molecule has 0 unspecified atom stereocenters. The third kappa shape index (κ3) is 16.8. The zero-order chi connectivity index (χ0) is 18.1. The molecule has 0 saturated heterocycles. The van der Waals surface area contributed by atoms with Gasteiger partial charge in [-0.25, -0.2) is 0 Å². The molecule has 0 aliphatic rings. The fourth-order valence-electron chi connectivity index (χ4n) is 3.06. The molecule has 0 saturated carbocycles. The van der Waals surface area contributed by atoms with Gasteiger partial charge in [0.05, 0.1) is 55.4 Å². The molecule has 0 fully saturated rings. The van der Waals surface area contributed by atoms with Crippen LogP contribution in [0.3, 0.4) is 0 Å². The number of quaternary nitrogens is 2. The van der Waals surface area contributed by atoms with E-state index in [2.05, 4.69) is 66.6 Å². The van der Waals surface area contributed by atoms with Gasteiger partial charge in [0.15, 0.2) is 0 Å². The van der Waals surface area contributed by atoms with Crippen molar-refractivity contribution in [3.05, 3.63) is 35.4 Å². The van der Waals surface area contributed by atoms with Crippen molar-refractivity contribution in [3.8, 4) is 0 Å². The molecule has 0 amide bonds. The highest BCUT2D eigenvalue weighted by molar-refractivity contribution is 5.22. The smallest absolute Gasteiger partial charge is 0.0780 e. The second-order valence-electron chi connectivity index (χ2n) is 9.47. The molecule has 1 aromatic carbocycles. The standard InChI is InChI=1S/C22H42N2.2HI/c1-23(2,3)19-11-7-9-13-21-15-17-22(18-16-21)14-10-8-12-20-24(4,5)6;;/h15-18H,7-14,19-20H2,1-6H3;2*1H/q+2;;/p-2. The van der Waals surface area contributed by atoms with E-state index in [-0.39, 0.29) is 48.0 Å². The molecule has 1 rings (SSSR count). The highest BCUT2D eigenvalue weighted by atomic mass is 127. The Morgan fingerprint density at radius 1 is 0.500 bits per heavy atom. The maximum atomic E-state index is 2.35. The number of benzene rings is 1. The van der Waals surface area contributed by atoms with E-state index in [1.807, 2.05) is 0 Å². The molecular weight excluding hydrogens is 546 g/mol. The zero-order valence-electron chi connectivity index (χ0n) is 18.0. The van der Waals surface area contributed by atoms with Gasteiger partial charge in [-0.2, -0.15) is 0 Å². The molecule has 0 N–H and O–H groups in total. The molecule has 1 aromatic rings. The van der Waals surface area contributed by atoms with E-state index in [9.17, 15) is 0 Å². The lowest BCUT2D eigenvalue weighted by molar-refractivity contribution is -0.870. The van der Waals surface area contributed by atoms with Gasteiger partial charge in [-0.3, -0.25) is 0 Å². The van der Waals surface area contributed by atoms with Gasteiger partial charge in [-0.1, -0.05) is 24.3 Å². The summed E-state index contributed by atoms with van der Waals surface area (Å²) in [5.41, 5.74) is 3.02. The molecule has 0 aromatic heterocycles. The quantitative estimate of drug-likeness (QED) is 0.159. The fourth-order valence-corrected chi connectivity index (χ4v) is 3.06. The Hall–Kier alpha value is 0.600. The van der Waals surface area contributed by atoms with Gasteiger partial charge < -0.3 is 56.9 Å². The lowest BCUT2D eigenvalue weighted by atomic mass is 10.0. The Kier molecular flexibility index (Phi) is 16.2. The first-order valence-corrected chi connectivity index (χ1v) is 9.84. The molecule has 0 spiro atoms. The summed E-state index contributed by atoms with van der Waals surface area (Å²) in [6, 6.07) is 9.39. The predicted octanol–water partition coefficient (Wildman–Crippen LogP) is -1.47. The van der Waals surface area contributed by atoms with Gasteiger partial charge in [0.25, 0.3) is 0 Å². The van der Waals surface area contributed by atoms with Crippen molar-refractivity contribution in [2.24, 2.45) is 0 Å². The summed E-state index contributed by atoms with van der Waals surface area (Å²) in [6.45, 7) is 2.57. The van der Waals surface area contributed by atoms with E-state index < -0.39 is 0 Å². The molecule has 2 nitrogen and oxygen atoms in total. The van der Waals surface area contributed by atoms with Crippen molar-refractivity contribution in [2.75, 3.05) is 55.4 Å². The maximum Gasteiger partial charge on any atom is 0.0780 e. The molecule has 0 heterocycles. The van der Waals surface area contributed by atoms with Gasteiger partial charge in [0.1, 0.15) is 0 Å². The van der Waals surface area contributed by atoms with Crippen molar-refractivity contribution in [1.29, 1.82) is 0 Å². The molecule has 154 valence electrons. The fraction of sp³-hybridized carbons (Fsp3) is 0.727. The zero-order valence-corrected chi connectivity index (χ0v) is 22.3. The highest BCUT2D eigenvalue weighted by Crippen LogP contribution is 2.12. The number of aryl methyl sites for hydroxylation is 2. The number of hydrogen-bond donors (Lipinski definition) is 0. The number of nitrogens with zero attached hydrogens (tertiary/aromatic N) is 2. The van der Waals surface area contributed by atoms with Crippen LogP contribution in [0, 0.1) is 0 Å². The summed E-state index contributed by atoms with van der Waals surface area (Å²) < 4.78 is 2.17. The lowest BCUT2D eigenvalue weighted by Crippen LogP contribution is -3.00. The summed E-state index contributed by atoms with van der Waals surface area (Å²) in [5.74, 6) is 0. The Balaban J connectivity index is 0. The minimum Gasteiger partial charge on any atom is -1.00 e. The minimum absolute atomic E-state index is 0. The highest BCUT2D eigenvalue weighted by Gasteiger charge is 2.06. The van der Waals surface area contributed by atoms with E-state index in [1.165, 1.54) is 75.6 Å². The molecule has 0 radical (unpaired) electrons. The van der Waals surface area contributed by atoms with E-state index in [4.69, 9.17) is 0 Å². The summed E-state index contributed by atoms with van der Waals surface area (Å²) in [4.78, 5) is 0. The first kappa shape index (κ1) is 28.8. The number of hydrogen-bond acceptors (Lipinski definition) is 0. The van der Waals surface area contributed by atoms with Crippen LogP contribution >= 0.6 is 0 Å². The Labute approximate surface area is 197 Å². The predicted molar refractivity (Wildman–Crippen MR) is 107 cm³/mol.